The van der Waals surface area contributed by atoms with Gasteiger partial charge in [0.05, 0.1) is 48.9 Å². The van der Waals surface area contributed by atoms with Crippen LogP contribution in [0.1, 0.15) is 26.3 Å². The molecule has 210 valence electrons. The number of aromatic nitrogens is 6. The highest BCUT2D eigenvalue weighted by atomic mass is 19.1. The van der Waals surface area contributed by atoms with Gasteiger partial charge in [-0.15, -0.1) is 0 Å². The maximum absolute atomic E-state index is 15.7. The minimum atomic E-state index is -0.681. The lowest BCUT2D eigenvalue weighted by atomic mass is 10.1. The molecule has 13 nitrogen and oxygen atoms in total. The fourth-order valence-electron chi connectivity index (χ4n) is 4.29. The summed E-state index contributed by atoms with van der Waals surface area (Å²) in [6.07, 6.45) is 5.95. The number of anilines is 3. The molecule has 2 N–H and O–H groups in total. The van der Waals surface area contributed by atoms with Gasteiger partial charge in [-0.3, -0.25) is 14.4 Å². The first-order valence-corrected chi connectivity index (χ1v) is 12.8. The molecule has 3 aromatic heterocycles. The Bertz CT molecular complexity index is 1540. The molecule has 14 heteroatoms. The van der Waals surface area contributed by atoms with Gasteiger partial charge in [-0.2, -0.15) is 15.2 Å². The normalized spacial score (nSPS) is 14.2. The number of nitrogens with zero attached hydrogens (tertiary/aromatic N) is 8. The number of rotatable bonds is 7. The number of fused-ring (bicyclic) bond motifs is 1. The van der Waals surface area contributed by atoms with Gasteiger partial charge in [0.2, 0.25) is 11.9 Å². The summed E-state index contributed by atoms with van der Waals surface area (Å²) in [5.74, 6) is -0.641. The second-order valence-corrected chi connectivity index (χ2v) is 10.3. The van der Waals surface area contributed by atoms with E-state index >= 15 is 4.39 Å². The number of amides is 2. The summed E-state index contributed by atoms with van der Waals surface area (Å²) in [5, 5.41) is 21.3. The van der Waals surface area contributed by atoms with Gasteiger partial charge >= 0.3 is 6.09 Å². The standard InChI is InChI=1S/C26H30FN9O4/c1-26(2,3)40-25(39)33-7-8-35(21(38)16-33)20-6-4-5-17(22(20)27)14-36-23-18(12-30-36)11-28-24(32-23)31-19-13-29-34(15-19)9-10-37/h4-6,11-13,15,37H,7-10,14,16H2,1-3H3,(H,28,31,32). The zero-order valence-corrected chi connectivity index (χ0v) is 22.4. The average molecular weight is 552 g/mol. The van der Waals surface area contributed by atoms with Crippen LogP contribution in [0.5, 0.6) is 0 Å². The molecule has 0 saturated carbocycles. The van der Waals surface area contributed by atoms with Gasteiger partial charge in [-0.1, -0.05) is 12.1 Å². The smallest absolute Gasteiger partial charge is 0.410 e. The lowest BCUT2D eigenvalue weighted by molar-refractivity contribution is -0.121. The maximum Gasteiger partial charge on any atom is 0.410 e. The molecule has 1 aliphatic heterocycles. The quantitative estimate of drug-likeness (QED) is 0.354. The van der Waals surface area contributed by atoms with Gasteiger partial charge in [0.15, 0.2) is 11.5 Å². The van der Waals surface area contributed by atoms with E-state index in [1.54, 1.807) is 73.1 Å². The zero-order chi connectivity index (χ0) is 28.4. The van der Waals surface area contributed by atoms with Crippen molar-refractivity contribution in [1.29, 1.82) is 0 Å². The maximum atomic E-state index is 15.7. The number of benzene rings is 1. The van der Waals surface area contributed by atoms with Crippen LogP contribution >= 0.6 is 0 Å². The molecule has 1 saturated heterocycles. The Balaban J connectivity index is 1.32. The van der Waals surface area contributed by atoms with Gasteiger partial charge in [0.1, 0.15) is 12.1 Å². The van der Waals surface area contributed by atoms with E-state index in [1.807, 2.05) is 0 Å². The third-order valence-electron chi connectivity index (χ3n) is 6.14. The van der Waals surface area contributed by atoms with Crippen molar-refractivity contribution in [2.75, 3.05) is 36.5 Å². The van der Waals surface area contributed by atoms with E-state index < -0.39 is 23.4 Å². The molecule has 0 aliphatic carbocycles. The Labute approximate surface area is 229 Å². The van der Waals surface area contributed by atoms with Gasteiger partial charge in [0, 0.05) is 31.0 Å². The lowest BCUT2D eigenvalue weighted by Crippen LogP contribution is -2.53. The highest BCUT2D eigenvalue weighted by molar-refractivity contribution is 5.97. The topological polar surface area (TPSA) is 144 Å². The number of hydrogen-bond donors (Lipinski definition) is 2. The first-order chi connectivity index (χ1) is 19.1. The Morgan fingerprint density at radius 3 is 2.75 bits per heavy atom. The van der Waals surface area contributed by atoms with Crippen LogP contribution in [0, 0.1) is 5.82 Å². The summed E-state index contributed by atoms with van der Waals surface area (Å²) in [7, 11) is 0. The second-order valence-electron chi connectivity index (χ2n) is 10.3. The van der Waals surface area contributed by atoms with E-state index in [4.69, 9.17) is 9.84 Å². The monoisotopic (exact) mass is 551 g/mol. The molecule has 5 rings (SSSR count). The molecule has 0 atom stereocenters. The summed E-state index contributed by atoms with van der Waals surface area (Å²) in [6, 6.07) is 4.85. The van der Waals surface area contributed by atoms with Crippen LogP contribution in [0.25, 0.3) is 11.0 Å². The van der Waals surface area contributed by atoms with Crippen molar-refractivity contribution in [3.63, 3.8) is 0 Å². The minimum absolute atomic E-state index is 0.0308. The van der Waals surface area contributed by atoms with Crippen LogP contribution in [0.4, 0.5) is 26.5 Å². The molecule has 1 aliphatic rings. The van der Waals surface area contributed by atoms with E-state index in [1.165, 1.54) is 9.80 Å². The van der Waals surface area contributed by atoms with E-state index in [0.717, 1.165) is 0 Å². The minimum Gasteiger partial charge on any atom is -0.444 e. The third kappa shape index (κ3) is 5.86. The molecule has 0 spiro atoms. The number of hydrogen-bond acceptors (Lipinski definition) is 9. The van der Waals surface area contributed by atoms with Crippen LogP contribution in [-0.4, -0.2) is 83.4 Å². The Morgan fingerprint density at radius 1 is 1.18 bits per heavy atom. The van der Waals surface area contributed by atoms with E-state index in [2.05, 4.69) is 25.5 Å². The van der Waals surface area contributed by atoms with Crippen molar-refractivity contribution in [2.24, 2.45) is 0 Å². The molecular weight excluding hydrogens is 521 g/mol. The molecule has 2 amide bonds. The van der Waals surface area contributed by atoms with Gasteiger partial charge in [-0.25, -0.2) is 18.9 Å². The molecule has 0 unspecified atom stereocenters. The summed E-state index contributed by atoms with van der Waals surface area (Å²) in [5.41, 5.74) is 0.920. The summed E-state index contributed by atoms with van der Waals surface area (Å²) >= 11 is 0. The van der Waals surface area contributed by atoms with Gasteiger partial charge in [-0.05, 0) is 26.8 Å². The third-order valence-corrected chi connectivity index (χ3v) is 6.14. The van der Waals surface area contributed by atoms with Gasteiger partial charge in [0.25, 0.3) is 0 Å². The van der Waals surface area contributed by atoms with Crippen molar-refractivity contribution >= 4 is 40.4 Å². The van der Waals surface area contributed by atoms with Crippen LogP contribution < -0.4 is 10.2 Å². The Hall–Kier alpha value is -4.59. The molecule has 4 aromatic rings. The Kier molecular flexibility index (Phi) is 7.34. The number of carbonyl (C=O) groups excluding carboxylic acids is 2. The molecule has 1 aromatic carbocycles. The van der Waals surface area contributed by atoms with E-state index in [-0.39, 0.29) is 38.5 Å². The average Bonchev–Trinajstić information content (AvgIpc) is 3.51. The molecule has 4 heterocycles. The van der Waals surface area contributed by atoms with E-state index in [0.29, 0.717) is 34.8 Å². The summed E-state index contributed by atoms with van der Waals surface area (Å²) in [4.78, 5) is 36.8. The molecule has 0 bridgehead atoms. The predicted molar refractivity (Wildman–Crippen MR) is 144 cm³/mol. The Morgan fingerprint density at radius 2 is 2.00 bits per heavy atom. The number of halogens is 1. The number of piperazine rings is 1. The number of aliphatic hydroxyl groups excluding tert-OH is 1. The number of nitrogens with one attached hydrogen (secondary N) is 1. The zero-order valence-electron chi connectivity index (χ0n) is 22.4. The number of aliphatic hydroxyl groups is 1. The summed E-state index contributed by atoms with van der Waals surface area (Å²) < 4.78 is 24.2. The largest absolute Gasteiger partial charge is 0.444 e. The van der Waals surface area contributed by atoms with Crippen molar-refractivity contribution in [2.45, 2.75) is 39.5 Å². The summed E-state index contributed by atoms with van der Waals surface area (Å²) in [6.45, 7) is 5.83. The predicted octanol–water partition coefficient (Wildman–Crippen LogP) is 2.53. The van der Waals surface area contributed by atoms with Gasteiger partial charge < -0.3 is 20.1 Å². The highest BCUT2D eigenvalue weighted by Crippen LogP contribution is 2.26. The van der Waals surface area contributed by atoms with Crippen LogP contribution in [0.15, 0.2) is 43.0 Å². The van der Waals surface area contributed by atoms with Crippen LogP contribution in [-0.2, 0) is 22.6 Å². The lowest BCUT2D eigenvalue weighted by Gasteiger charge is -2.35. The first kappa shape index (κ1) is 27.0. The van der Waals surface area contributed by atoms with E-state index in [9.17, 15) is 9.59 Å². The van der Waals surface area contributed by atoms with Crippen molar-refractivity contribution in [3.05, 3.63) is 54.4 Å². The van der Waals surface area contributed by atoms with Crippen molar-refractivity contribution in [1.82, 2.24) is 34.4 Å². The highest BCUT2D eigenvalue weighted by Gasteiger charge is 2.32. The van der Waals surface area contributed by atoms with Crippen LogP contribution in [0.3, 0.4) is 0 Å². The second kappa shape index (κ2) is 10.9. The molecule has 0 radical (unpaired) electrons. The molecular formula is C26H30FN9O4. The van der Waals surface area contributed by atoms with Crippen molar-refractivity contribution in [3.8, 4) is 0 Å². The van der Waals surface area contributed by atoms with Crippen molar-refractivity contribution < 1.29 is 23.8 Å². The fourth-order valence-corrected chi connectivity index (χ4v) is 4.29. The molecule has 40 heavy (non-hydrogen) atoms. The SMILES string of the molecule is CC(C)(C)OC(=O)N1CCN(c2cccc(Cn3ncc4cnc(Nc5cnn(CCO)c5)nc43)c2F)C(=O)C1. The van der Waals surface area contributed by atoms with Crippen LogP contribution in [0.2, 0.25) is 0 Å². The first-order valence-electron chi connectivity index (χ1n) is 12.8. The fraction of sp³-hybridized carbons (Fsp3) is 0.385. The number of carbonyl (C=O) groups is 2. The number of ether oxygens (including phenoxy) is 1. The molecule has 1 fully saturated rings.